The zero-order chi connectivity index (χ0) is 27.3. The Morgan fingerprint density at radius 3 is 2.77 bits per heavy atom. The van der Waals surface area contributed by atoms with Gasteiger partial charge in [-0.3, -0.25) is 4.98 Å². The van der Waals surface area contributed by atoms with Gasteiger partial charge in [0.25, 0.3) is 0 Å². The van der Waals surface area contributed by atoms with Gasteiger partial charge in [-0.1, -0.05) is 25.8 Å². The number of phenolic OH excluding ortho intramolecular Hbond substituents is 1. The van der Waals surface area contributed by atoms with Gasteiger partial charge in [0, 0.05) is 35.7 Å². The van der Waals surface area contributed by atoms with Gasteiger partial charge in [-0.05, 0) is 61.6 Å². The van der Waals surface area contributed by atoms with Crippen LogP contribution in [0.3, 0.4) is 0 Å². The highest BCUT2D eigenvalue weighted by atomic mass is 19.1. The molecule has 0 amide bonds. The number of nitrogens with zero attached hydrogens (tertiary/aromatic N) is 4. The predicted molar refractivity (Wildman–Crippen MR) is 148 cm³/mol. The molecule has 0 spiro atoms. The van der Waals surface area contributed by atoms with E-state index < -0.39 is 11.6 Å². The number of phenols is 1. The summed E-state index contributed by atoms with van der Waals surface area (Å²) < 4.78 is 37.2. The lowest BCUT2D eigenvalue weighted by molar-refractivity contribution is 0.214. The maximum atomic E-state index is 16.5. The summed E-state index contributed by atoms with van der Waals surface area (Å²) in [6, 6.07) is 5.67. The molecule has 1 N–H and O–H groups in total. The first-order valence-electron chi connectivity index (χ1n) is 13.5. The van der Waals surface area contributed by atoms with Crippen molar-refractivity contribution in [2.75, 3.05) is 24.6 Å². The smallest absolute Gasteiger partial charge is 0.319 e. The zero-order valence-electron chi connectivity index (χ0n) is 22.1. The van der Waals surface area contributed by atoms with Gasteiger partial charge < -0.3 is 14.7 Å². The number of aromatic nitrogens is 3. The summed E-state index contributed by atoms with van der Waals surface area (Å²) in [4.78, 5) is 15.9. The summed E-state index contributed by atoms with van der Waals surface area (Å²) in [6.07, 6.45) is 12.5. The minimum atomic E-state index is -0.707. The molecule has 1 unspecified atom stereocenters. The van der Waals surface area contributed by atoms with Gasteiger partial charge in [-0.25, -0.2) is 8.78 Å². The zero-order valence-corrected chi connectivity index (χ0v) is 22.1. The number of hydrogen-bond donors (Lipinski definition) is 1. The number of terminal acetylenes is 1. The monoisotopic (exact) mass is 528 g/mol. The Labute approximate surface area is 226 Å². The molecule has 0 radical (unpaired) electrons. The molecule has 2 fully saturated rings. The summed E-state index contributed by atoms with van der Waals surface area (Å²) in [5.41, 5.74) is 0.285. The molecular formula is C31H30F2N4O2. The van der Waals surface area contributed by atoms with Gasteiger partial charge in [0.05, 0.1) is 17.6 Å². The number of pyridine rings is 1. The third-order valence-electron chi connectivity index (χ3n) is 8.27. The van der Waals surface area contributed by atoms with Crippen LogP contribution >= 0.6 is 0 Å². The van der Waals surface area contributed by atoms with Crippen molar-refractivity contribution < 1.29 is 18.6 Å². The van der Waals surface area contributed by atoms with E-state index in [2.05, 4.69) is 34.6 Å². The third-order valence-corrected chi connectivity index (χ3v) is 8.27. The van der Waals surface area contributed by atoms with Crippen LogP contribution in [0.1, 0.15) is 51.5 Å². The maximum Gasteiger partial charge on any atom is 0.319 e. The van der Waals surface area contributed by atoms with Crippen LogP contribution in [0.25, 0.3) is 32.9 Å². The van der Waals surface area contributed by atoms with Crippen molar-refractivity contribution >= 4 is 27.5 Å². The van der Waals surface area contributed by atoms with E-state index in [1.807, 2.05) is 0 Å². The van der Waals surface area contributed by atoms with E-state index in [0.29, 0.717) is 34.5 Å². The SMILES string of the molecule is C#Cc1c(F)ccc2cc(O)cc(-c3ncc4c(N5CCCC(C)C5)nc(OCC5(CC)CC5)nc4c3F)c12. The number of piperidine rings is 1. The van der Waals surface area contributed by atoms with Crippen LogP contribution in [0.5, 0.6) is 11.8 Å². The molecule has 1 saturated carbocycles. The molecule has 6 nitrogen and oxygen atoms in total. The number of halogens is 2. The molecule has 1 atom stereocenters. The number of aromatic hydroxyl groups is 1. The summed E-state index contributed by atoms with van der Waals surface area (Å²) in [7, 11) is 0. The lowest BCUT2D eigenvalue weighted by Crippen LogP contribution is -2.35. The minimum absolute atomic E-state index is 0.0206. The summed E-state index contributed by atoms with van der Waals surface area (Å²) in [5.74, 6) is 2.01. The van der Waals surface area contributed by atoms with E-state index in [-0.39, 0.29) is 39.5 Å². The molecule has 1 aliphatic carbocycles. The largest absolute Gasteiger partial charge is 0.508 e. The number of fused-ring (bicyclic) bond motifs is 2. The van der Waals surface area contributed by atoms with Crippen LogP contribution in [0.4, 0.5) is 14.6 Å². The second-order valence-corrected chi connectivity index (χ2v) is 11.0. The van der Waals surface area contributed by atoms with Crippen molar-refractivity contribution in [1.29, 1.82) is 0 Å². The molecule has 200 valence electrons. The fourth-order valence-corrected chi connectivity index (χ4v) is 5.64. The van der Waals surface area contributed by atoms with Gasteiger partial charge in [0.15, 0.2) is 5.82 Å². The number of anilines is 1. The van der Waals surface area contributed by atoms with Crippen molar-refractivity contribution in [2.24, 2.45) is 11.3 Å². The van der Waals surface area contributed by atoms with E-state index in [4.69, 9.17) is 16.1 Å². The van der Waals surface area contributed by atoms with Crippen molar-refractivity contribution in [2.45, 2.75) is 46.0 Å². The Balaban J connectivity index is 1.55. The molecule has 1 saturated heterocycles. The lowest BCUT2D eigenvalue weighted by atomic mass is 9.95. The summed E-state index contributed by atoms with van der Waals surface area (Å²) in [6.45, 7) is 6.39. The van der Waals surface area contributed by atoms with Gasteiger partial charge in [0.2, 0.25) is 0 Å². The highest BCUT2D eigenvalue weighted by molar-refractivity contribution is 6.03. The van der Waals surface area contributed by atoms with E-state index >= 15 is 4.39 Å². The van der Waals surface area contributed by atoms with Gasteiger partial charge in [0.1, 0.15) is 28.6 Å². The van der Waals surface area contributed by atoms with E-state index in [0.717, 1.165) is 45.2 Å². The normalized spacial score (nSPS) is 18.3. The number of rotatable bonds is 6. The molecule has 2 aromatic carbocycles. The van der Waals surface area contributed by atoms with Crippen LogP contribution in [0.15, 0.2) is 30.5 Å². The molecule has 8 heteroatoms. The predicted octanol–water partition coefficient (Wildman–Crippen LogP) is 6.62. The van der Waals surface area contributed by atoms with Gasteiger partial charge in [-0.2, -0.15) is 9.97 Å². The summed E-state index contributed by atoms with van der Waals surface area (Å²) in [5, 5.41) is 11.7. The maximum absolute atomic E-state index is 16.5. The van der Waals surface area contributed by atoms with Gasteiger partial charge >= 0.3 is 6.01 Å². The van der Waals surface area contributed by atoms with Crippen molar-refractivity contribution in [1.82, 2.24) is 15.0 Å². The molecule has 39 heavy (non-hydrogen) atoms. The van der Waals surface area contributed by atoms with Crippen molar-refractivity contribution in [3.05, 3.63) is 47.7 Å². The first-order valence-corrected chi connectivity index (χ1v) is 13.5. The Hall–Kier alpha value is -3.99. The molecule has 3 heterocycles. The Morgan fingerprint density at radius 1 is 1.23 bits per heavy atom. The van der Waals surface area contributed by atoms with Crippen molar-refractivity contribution in [3.63, 3.8) is 0 Å². The van der Waals surface area contributed by atoms with Crippen LogP contribution in [0.2, 0.25) is 0 Å². The molecule has 1 aliphatic heterocycles. The minimum Gasteiger partial charge on any atom is -0.508 e. The molecule has 6 rings (SSSR count). The molecular weight excluding hydrogens is 498 g/mol. The first kappa shape index (κ1) is 25.3. The second kappa shape index (κ2) is 9.64. The second-order valence-electron chi connectivity index (χ2n) is 11.0. The molecule has 2 aliphatic rings. The summed E-state index contributed by atoms with van der Waals surface area (Å²) >= 11 is 0. The highest BCUT2D eigenvalue weighted by Gasteiger charge is 2.42. The van der Waals surface area contributed by atoms with Crippen molar-refractivity contribution in [3.8, 4) is 35.4 Å². The first-order chi connectivity index (χ1) is 18.8. The third kappa shape index (κ3) is 4.50. The Morgan fingerprint density at radius 2 is 2.05 bits per heavy atom. The molecule has 4 aromatic rings. The number of hydrogen-bond acceptors (Lipinski definition) is 6. The Kier molecular flexibility index (Phi) is 6.25. The van der Waals surface area contributed by atoms with Crippen LogP contribution < -0.4 is 9.64 Å². The quantitative estimate of drug-likeness (QED) is 0.284. The van der Waals surface area contributed by atoms with E-state index in [9.17, 15) is 9.50 Å². The van der Waals surface area contributed by atoms with Crippen LogP contribution in [-0.4, -0.2) is 39.8 Å². The average molecular weight is 529 g/mol. The highest BCUT2D eigenvalue weighted by Crippen LogP contribution is 2.48. The topological polar surface area (TPSA) is 71.4 Å². The standard InChI is InChI=1S/C31H30F2N4O2/c1-4-21-24(32)9-8-19-13-20(38)14-22(25(19)21)27-26(33)28-23(15-34-27)29(37-12-6-7-18(3)16-37)36-30(35-28)39-17-31(5-2)10-11-31/h1,8-9,13-15,18,38H,5-7,10-12,16-17H2,2-3H3. The van der Waals surface area contributed by atoms with Crippen LogP contribution in [0, 0.1) is 35.3 Å². The average Bonchev–Trinajstić information content (AvgIpc) is 3.72. The lowest BCUT2D eigenvalue weighted by Gasteiger charge is -2.32. The van der Waals surface area contributed by atoms with Gasteiger partial charge in [-0.15, -0.1) is 6.42 Å². The molecule has 2 aromatic heterocycles. The number of ether oxygens (including phenoxy) is 1. The molecule has 0 bridgehead atoms. The van der Waals surface area contributed by atoms with E-state index in [1.54, 1.807) is 6.20 Å². The fourth-order valence-electron chi connectivity index (χ4n) is 5.64. The number of benzene rings is 2. The van der Waals surface area contributed by atoms with Crippen LogP contribution in [-0.2, 0) is 0 Å². The Bertz CT molecular complexity index is 1640. The van der Waals surface area contributed by atoms with E-state index in [1.165, 1.54) is 24.3 Å². The fraction of sp³-hybridized carbons (Fsp3) is 0.387.